The topological polar surface area (TPSA) is 88.9 Å². The van der Waals surface area contributed by atoms with E-state index in [2.05, 4.69) is 31.9 Å². The van der Waals surface area contributed by atoms with Gasteiger partial charge in [0.1, 0.15) is 5.52 Å². The number of carbonyl (C=O) groups excluding carboxylic acids is 1. The summed E-state index contributed by atoms with van der Waals surface area (Å²) in [6.45, 7) is 4.91. The first-order valence-electron chi connectivity index (χ1n) is 16.3. The summed E-state index contributed by atoms with van der Waals surface area (Å²) in [5, 5.41) is 11.4. The summed E-state index contributed by atoms with van der Waals surface area (Å²) in [5.74, 6) is -0.752. The second-order valence-corrected chi connectivity index (χ2v) is 14.2. The lowest BCUT2D eigenvalue weighted by Gasteiger charge is -2.34. The van der Waals surface area contributed by atoms with Crippen LogP contribution in [0.1, 0.15) is 54.4 Å². The Morgan fingerprint density at radius 3 is 2.65 bits per heavy atom. The van der Waals surface area contributed by atoms with Crippen LogP contribution in [0.5, 0.6) is 0 Å². The number of anilines is 1. The normalized spacial score (nSPS) is 20.6. The number of aromatic nitrogens is 3. The number of H-pyrrole nitrogens is 1. The number of hydrogen-bond acceptors (Lipinski definition) is 5. The molecule has 244 valence electrons. The molecule has 2 saturated heterocycles. The number of nitrogens with one attached hydrogen (secondary N) is 1. The zero-order valence-electron chi connectivity index (χ0n) is 26.5. The van der Waals surface area contributed by atoms with Gasteiger partial charge in [0.25, 0.3) is 0 Å². The van der Waals surface area contributed by atoms with Gasteiger partial charge in [-0.05, 0) is 69.4 Å². The number of carbonyl (C=O) groups is 1. The van der Waals surface area contributed by atoms with Crippen LogP contribution in [-0.2, 0) is 11.2 Å². The highest BCUT2D eigenvalue weighted by atomic mass is 35.5. The highest BCUT2D eigenvalue weighted by Gasteiger charge is 2.51. The van der Waals surface area contributed by atoms with Crippen molar-refractivity contribution in [2.75, 3.05) is 18.0 Å². The molecule has 5 heterocycles. The molecule has 3 atom stereocenters. The molecule has 3 unspecified atom stereocenters. The van der Waals surface area contributed by atoms with Crippen molar-refractivity contribution in [1.29, 1.82) is 5.26 Å². The standard InChI is InChI=1S/C37H32Cl2F2N6O/c1-18-11-23(14-30(40)43-18)46-16-22-12-24(17-46)47(37(48)20-8-9-20)36(22)29-15-26-19(2)44-35-27(34(26)45-29)13-21(5-4-10-42)31(33(35)41)25-6-3-7-28(38)32(25)39/h3,6-7,11,13-15,20,22,24,36,45H,4-5,8-9,12,16-17H2,1-2H3. The monoisotopic (exact) mass is 684 g/mol. The summed E-state index contributed by atoms with van der Waals surface area (Å²) >= 11 is 12.9. The van der Waals surface area contributed by atoms with E-state index in [0.717, 1.165) is 41.5 Å². The Kier molecular flexibility index (Phi) is 7.57. The summed E-state index contributed by atoms with van der Waals surface area (Å²) in [6.07, 6.45) is 3.13. The van der Waals surface area contributed by atoms with Gasteiger partial charge >= 0.3 is 0 Å². The van der Waals surface area contributed by atoms with Gasteiger partial charge in [0.05, 0.1) is 33.7 Å². The van der Waals surface area contributed by atoms with Gasteiger partial charge in [-0.25, -0.2) is 14.4 Å². The smallest absolute Gasteiger partial charge is 0.226 e. The second kappa shape index (κ2) is 11.7. The maximum atomic E-state index is 16.7. The number of nitriles is 1. The van der Waals surface area contributed by atoms with Gasteiger partial charge in [0.2, 0.25) is 11.9 Å². The molecule has 1 aliphatic carbocycles. The van der Waals surface area contributed by atoms with E-state index in [1.54, 1.807) is 25.1 Å². The minimum atomic E-state index is -0.525. The van der Waals surface area contributed by atoms with Crippen LogP contribution in [0.15, 0.2) is 42.5 Å². The maximum absolute atomic E-state index is 16.7. The Bertz CT molecular complexity index is 2170. The largest absolute Gasteiger partial charge is 0.369 e. The zero-order chi connectivity index (χ0) is 33.4. The molecule has 2 bridgehead atoms. The minimum Gasteiger partial charge on any atom is -0.369 e. The molecule has 48 heavy (non-hydrogen) atoms. The molecule has 7 nitrogen and oxygen atoms in total. The van der Waals surface area contributed by atoms with Gasteiger partial charge < -0.3 is 14.8 Å². The molecular formula is C37H32Cl2F2N6O. The molecule has 1 amide bonds. The predicted octanol–water partition coefficient (Wildman–Crippen LogP) is 8.62. The van der Waals surface area contributed by atoms with Crippen LogP contribution >= 0.6 is 23.2 Å². The van der Waals surface area contributed by atoms with E-state index in [1.165, 1.54) is 6.07 Å². The van der Waals surface area contributed by atoms with E-state index < -0.39 is 11.8 Å². The molecular weight excluding hydrogens is 653 g/mol. The number of benzene rings is 2. The van der Waals surface area contributed by atoms with Crippen LogP contribution in [-0.4, -0.2) is 44.9 Å². The highest BCUT2D eigenvalue weighted by Crippen LogP contribution is 2.49. The predicted molar refractivity (Wildman–Crippen MR) is 183 cm³/mol. The summed E-state index contributed by atoms with van der Waals surface area (Å²) < 4.78 is 31.1. The van der Waals surface area contributed by atoms with E-state index in [9.17, 15) is 14.4 Å². The Labute approximate surface area is 286 Å². The molecule has 3 aromatic heterocycles. The Balaban J connectivity index is 1.27. The molecule has 11 heteroatoms. The van der Waals surface area contributed by atoms with Crippen molar-refractivity contribution >= 4 is 56.6 Å². The number of piperidine rings is 1. The minimum absolute atomic E-state index is 0.0270. The highest BCUT2D eigenvalue weighted by molar-refractivity contribution is 6.43. The fraction of sp³-hybridized carbons (Fsp3) is 0.351. The molecule has 3 aliphatic rings. The number of fused-ring (bicyclic) bond motifs is 5. The lowest BCUT2D eigenvalue weighted by atomic mass is 9.92. The Morgan fingerprint density at radius 1 is 1.08 bits per heavy atom. The molecule has 8 rings (SSSR count). The van der Waals surface area contributed by atoms with Gasteiger partial charge in [-0.2, -0.15) is 9.65 Å². The summed E-state index contributed by atoms with van der Waals surface area (Å²) in [5.41, 5.74) is 5.20. The van der Waals surface area contributed by atoms with E-state index in [1.807, 2.05) is 19.1 Å². The van der Waals surface area contributed by atoms with Gasteiger partial charge in [0.15, 0.2) is 5.82 Å². The third-order valence-corrected chi connectivity index (χ3v) is 11.0. The lowest BCUT2D eigenvalue weighted by Crippen LogP contribution is -2.44. The van der Waals surface area contributed by atoms with E-state index >= 15 is 4.39 Å². The van der Waals surface area contributed by atoms with E-state index in [4.69, 9.17) is 28.2 Å². The third-order valence-electron chi connectivity index (χ3n) is 10.2. The molecule has 2 aromatic carbocycles. The van der Waals surface area contributed by atoms with Crippen molar-refractivity contribution in [1.82, 2.24) is 19.9 Å². The van der Waals surface area contributed by atoms with Crippen molar-refractivity contribution in [2.45, 2.75) is 58.0 Å². The van der Waals surface area contributed by atoms with E-state index in [-0.39, 0.29) is 52.4 Å². The van der Waals surface area contributed by atoms with Gasteiger partial charge in [-0.15, -0.1) is 0 Å². The SMILES string of the molecule is Cc1cc(N2CC3CC(C2)N(C(=O)C2CC2)C3c2cc3c(C)nc4c(F)c(-c5cccc(Cl)c5Cl)c(CCC#N)cc4c3[nH]2)cc(F)n1. The van der Waals surface area contributed by atoms with Crippen molar-refractivity contribution in [3.05, 3.63) is 86.9 Å². The zero-order valence-corrected chi connectivity index (χ0v) is 28.0. The number of pyridine rings is 2. The second-order valence-electron chi connectivity index (χ2n) is 13.4. The summed E-state index contributed by atoms with van der Waals surface area (Å²) in [4.78, 5) is 30.5. The average molecular weight is 686 g/mol. The number of halogens is 4. The fourth-order valence-corrected chi connectivity index (χ4v) is 8.38. The third kappa shape index (κ3) is 5.08. The van der Waals surface area contributed by atoms with Gasteiger partial charge in [0, 0.05) is 82.1 Å². The number of hydrogen-bond donors (Lipinski definition) is 1. The molecule has 5 aromatic rings. The van der Waals surface area contributed by atoms with Crippen molar-refractivity contribution in [3.8, 4) is 17.2 Å². The first-order chi connectivity index (χ1) is 23.1. The van der Waals surface area contributed by atoms with Crippen molar-refractivity contribution in [3.63, 3.8) is 0 Å². The molecule has 0 spiro atoms. The first-order valence-corrected chi connectivity index (χ1v) is 17.1. The molecule has 1 N–H and O–H groups in total. The Hall–Kier alpha value is -4.26. The van der Waals surface area contributed by atoms with Crippen LogP contribution < -0.4 is 4.90 Å². The molecule has 3 fully saturated rings. The van der Waals surface area contributed by atoms with Crippen LogP contribution in [0.2, 0.25) is 10.0 Å². The summed E-state index contributed by atoms with van der Waals surface area (Å²) in [6, 6.07) is 14.3. The molecule has 0 radical (unpaired) electrons. The number of amides is 1. The van der Waals surface area contributed by atoms with Crippen molar-refractivity contribution in [2.24, 2.45) is 11.8 Å². The summed E-state index contributed by atoms with van der Waals surface area (Å²) in [7, 11) is 0. The number of rotatable bonds is 6. The van der Waals surface area contributed by atoms with Crippen molar-refractivity contribution < 1.29 is 13.6 Å². The van der Waals surface area contributed by atoms with Crippen LogP contribution in [0.4, 0.5) is 14.5 Å². The van der Waals surface area contributed by atoms with Gasteiger partial charge in [-0.3, -0.25) is 4.79 Å². The fourth-order valence-electron chi connectivity index (χ4n) is 7.99. The van der Waals surface area contributed by atoms with Gasteiger partial charge in [-0.1, -0.05) is 35.3 Å². The average Bonchev–Trinajstić information content (AvgIpc) is 3.76. The quantitative estimate of drug-likeness (QED) is 0.181. The van der Waals surface area contributed by atoms with Crippen LogP contribution in [0, 0.1) is 48.8 Å². The maximum Gasteiger partial charge on any atom is 0.226 e. The Morgan fingerprint density at radius 2 is 1.90 bits per heavy atom. The van der Waals surface area contributed by atoms with Crippen LogP contribution in [0.3, 0.4) is 0 Å². The molecule has 2 aliphatic heterocycles. The number of aryl methyl sites for hydroxylation is 3. The lowest BCUT2D eigenvalue weighted by molar-refractivity contribution is -0.135. The number of aromatic amines is 1. The van der Waals surface area contributed by atoms with E-state index in [0.29, 0.717) is 52.4 Å². The molecule has 1 saturated carbocycles. The van der Waals surface area contributed by atoms with Crippen LogP contribution in [0.25, 0.3) is 32.9 Å². The number of likely N-dealkylation sites (tertiary alicyclic amines) is 1. The number of nitrogens with zero attached hydrogens (tertiary/aromatic N) is 5. The first kappa shape index (κ1) is 31.0.